The molecule has 0 saturated heterocycles. The molecule has 3 heteroatoms. The van der Waals surface area contributed by atoms with E-state index < -0.39 is 0 Å². The van der Waals surface area contributed by atoms with Crippen molar-refractivity contribution in [3.05, 3.63) is 107 Å². The lowest BCUT2D eigenvalue weighted by Gasteiger charge is -2.32. The van der Waals surface area contributed by atoms with E-state index in [1.54, 1.807) is 0 Å². The molecule has 31 heavy (non-hydrogen) atoms. The summed E-state index contributed by atoms with van der Waals surface area (Å²) in [6.07, 6.45) is 4.04. The Morgan fingerprint density at radius 2 is 1.65 bits per heavy atom. The highest BCUT2D eigenvalue weighted by atomic mass is 15.7. The van der Waals surface area contributed by atoms with Crippen LogP contribution in [0.3, 0.4) is 0 Å². The van der Waals surface area contributed by atoms with Gasteiger partial charge in [-0.3, -0.25) is 5.01 Å². The van der Waals surface area contributed by atoms with E-state index in [0.717, 1.165) is 24.2 Å². The van der Waals surface area contributed by atoms with Crippen molar-refractivity contribution in [3.63, 3.8) is 0 Å². The molecule has 3 aromatic carbocycles. The molecule has 0 aromatic heterocycles. The van der Waals surface area contributed by atoms with Crippen LogP contribution in [0.5, 0.6) is 0 Å². The predicted molar refractivity (Wildman–Crippen MR) is 131 cm³/mol. The molecule has 0 radical (unpaired) electrons. The molecule has 0 unspecified atom stereocenters. The molecule has 0 fully saturated rings. The number of hydrazine groups is 2. The highest BCUT2D eigenvalue weighted by Gasteiger charge is 2.36. The van der Waals surface area contributed by atoms with Crippen LogP contribution in [0.4, 0.5) is 5.69 Å². The lowest BCUT2D eigenvalue weighted by Crippen LogP contribution is -2.45. The Hall–Kier alpha value is -3.14. The standard InChI is InChI=1S/C28H29N3/c1-19-16-21(20-10-6-5-7-11-20)14-15-22-17-26-24(18-27(22)31(19)30-29-4)23-12-8-9-13-25(23)28(26,2)3/h5-14,17-18,29-30H,1,15-16H2,2-4H3/b21-14+. The maximum Gasteiger partial charge on any atom is 0.0629 e. The second-order valence-corrected chi connectivity index (χ2v) is 8.94. The van der Waals surface area contributed by atoms with Gasteiger partial charge in [0.05, 0.1) is 5.69 Å². The minimum atomic E-state index is -0.00638. The summed E-state index contributed by atoms with van der Waals surface area (Å²) >= 11 is 0. The second-order valence-electron chi connectivity index (χ2n) is 8.94. The molecule has 3 nitrogen and oxygen atoms in total. The van der Waals surface area contributed by atoms with E-state index in [0.29, 0.717) is 0 Å². The van der Waals surface area contributed by atoms with E-state index in [1.165, 1.54) is 39.0 Å². The minimum Gasteiger partial charge on any atom is -0.268 e. The number of anilines is 1. The third-order valence-corrected chi connectivity index (χ3v) is 6.67. The van der Waals surface area contributed by atoms with Gasteiger partial charge in [0, 0.05) is 24.6 Å². The van der Waals surface area contributed by atoms with Crippen LogP contribution in [0.15, 0.2) is 85.1 Å². The van der Waals surface area contributed by atoms with E-state index in [9.17, 15) is 0 Å². The smallest absolute Gasteiger partial charge is 0.0629 e. The number of rotatable bonds is 3. The normalized spacial score (nSPS) is 18.4. The van der Waals surface area contributed by atoms with Crippen molar-refractivity contribution in [1.82, 2.24) is 11.0 Å². The Morgan fingerprint density at radius 3 is 2.42 bits per heavy atom. The average molecular weight is 408 g/mol. The fraction of sp³-hybridized carbons (Fsp3) is 0.214. The number of nitrogens with one attached hydrogen (secondary N) is 2. The van der Waals surface area contributed by atoms with Gasteiger partial charge in [-0.2, -0.15) is 5.53 Å². The molecular weight excluding hydrogens is 378 g/mol. The Balaban J connectivity index is 1.69. The third kappa shape index (κ3) is 3.21. The summed E-state index contributed by atoms with van der Waals surface area (Å²) in [5, 5.41) is 2.11. The van der Waals surface area contributed by atoms with Crippen LogP contribution in [0, 0.1) is 0 Å². The van der Waals surface area contributed by atoms with Crippen LogP contribution < -0.4 is 16.0 Å². The topological polar surface area (TPSA) is 27.3 Å². The Labute approximate surface area is 185 Å². The largest absolute Gasteiger partial charge is 0.268 e. The first-order valence-electron chi connectivity index (χ1n) is 10.9. The molecule has 0 saturated carbocycles. The summed E-state index contributed by atoms with van der Waals surface area (Å²) in [5.41, 5.74) is 17.9. The predicted octanol–water partition coefficient (Wildman–Crippen LogP) is 5.98. The van der Waals surface area contributed by atoms with Crippen LogP contribution in [-0.2, 0) is 11.8 Å². The molecule has 0 bridgehead atoms. The molecule has 2 N–H and O–H groups in total. The molecular formula is C28H29N3. The maximum atomic E-state index is 4.44. The molecule has 2 aliphatic rings. The van der Waals surface area contributed by atoms with Crippen LogP contribution in [-0.4, -0.2) is 7.05 Å². The summed E-state index contributed by atoms with van der Waals surface area (Å²) in [7, 11) is 1.89. The second kappa shape index (κ2) is 7.52. The Kier molecular flexibility index (Phi) is 4.81. The number of benzene rings is 3. The van der Waals surface area contributed by atoms with Crippen molar-refractivity contribution < 1.29 is 0 Å². The van der Waals surface area contributed by atoms with Crippen molar-refractivity contribution in [3.8, 4) is 11.1 Å². The summed E-state index contributed by atoms with van der Waals surface area (Å²) < 4.78 is 0. The van der Waals surface area contributed by atoms with E-state index in [-0.39, 0.29) is 5.41 Å². The zero-order chi connectivity index (χ0) is 21.6. The highest BCUT2D eigenvalue weighted by molar-refractivity contribution is 5.85. The van der Waals surface area contributed by atoms with E-state index in [2.05, 4.69) is 109 Å². The first-order valence-corrected chi connectivity index (χ1v) is 10.9. The molecule has 0 atom stereocenters. The lowest BCUT2D eigenvalue weighted by atomic mass is 9.81. The maximum absolute atomic E-state index is 4.44. The van der Waals surface area contributed by atoms with Crippen molar-refractivity contribution in [2.24, 2.45) is 0 Å². The van der Waals surface area contributed by atoms with Gasteiger partial charge in [-0.25, -0.2) is 5.43 Å². The van der Waals surface area contributed by atoms with Gasteiger partial charge in [0.25, 0.3) is 0 Å². The van der Waals surface area contributed by atoms with Gasteiger partial charge < -0.3 is 0 Å². The summed E-state index contributed by atoms with van der Waals surface area (Å²) in [5.74, 6) is 0. The highest BCUT2D eigenvalue weighted by Crippen LogP contribution is 2.50. The van der Waals surface area contributed by atoms with Crippen molar-refractivity contribution in [2.75, 3.05) is 12.1 Å². The van der Waals surface area contributed by atoms with Gasteiger partial charge in [-0.15, -0.1) is 0 Å². The number of hydrogen-bond acceptors (Lipinski definition) is 3. The van der Waals surface area contributed by atoms with Crippen molar-refractivity contribution in [2.45, 2.75) is 32.1 Å². The molecule has 0 amide bonds. The zero-order valence-corrected chi connectivity index (χ0v) is 18.5. The van der Waals surface area contributed by atoms with Gasteiger partial charge in [0.2, 0.25) is 0 Å². The average Bonchev–Trinajstić information content (AvgIpc) is 3.00. The molecule has 3 aromatic rings. The zero-order valence-electron chi connectivity index (χ0n) is 18.5. The number of hydrogen-bond donors (Lipinski definition) is 2. The van der Waals surface area contributed by atoms with Gasteiger partial charge >= 0.3 is 0 Å². The fourth-order valence-electron chi connectivity index (χ4n) is 5.05. The minimum absolute atomic E-state index is 0.00638. The Morgan fingerprint density at radius 1 is 0.903 bits per heavy atom. The van der Waals surface area contributed by atoms with Gasteiger partial charge in [0.15, 0.2) is 0 Å². The van der Waals surface area contributed by atoms with Crippen LogP contribution in [0.1, 0.15) is 42.5 Å². The van der Waals surface area contributed by atoms with Crippen molar-refractivity contribution >= 4 is 11.3 Å². The lowest BCUT2D eigenvalue weighted by molar-refractivity contribution is 0.583. The monoisotopic (exact) mass is 407 g/mol. The van der Waals surface area contributed by atoms with E-state index >= 15 is 0 Å². The molecule has 1 aliphatic heterocycles. The van der Waals surface area contributed by atoms with Gasteiger partial charge in [0.1, 0.15) is 0 Å². The first-order chi connectivity index (χ1) is 15.0. The summed E-state index contributed by atoms with van der Waals surface area (Å²) in [6.45, 7) is 9.11. The molecule has 5 rings (SSSR count). The molecule has 156 valence electrons. The van der Waals surface area contributed by atoms with Crippen molar-refractivity contribution in [1.29, 1.82) is 0 Å². The Bertz CT molecular complexity index is 1190. The number of allylic oxidation sites excluding steroid dienone is 2. The van der Waals surface area contributed by atoms with Gasteiger partial charge in [-0.05, 0) is 51.4 Å². The van der Waals surface area contributed by atoms with Crippen LogP contribution in [0.25, 0.3) is 16.7 Å². The van der Waals surface area contributed by atoms with E-state index in [1.807, 2.05) is 7.05 Å². The van der Waals surface area contributed by atoms with Crippen LogP contribution in [0.2, 0.25) is 0 Å². The quantitative estimate of drug-likeness (QED) is 0.523. The number of nitrogens with zero attached hydrogens (tertiary/aromatic N) is 1. The summed E-state index contributed by atoms with van der Waals surface area (Å²) in [4.78, 5) is 0. The summed E-state index contributed by atoms with van der Waals surface area (Å²) in [6, 6.07) is 24.2. The third-order valence-electron chi connectivity index (χ3n) is 6.67. The van der Waals surface area contributed by atoms with Crippen LogP contribution >= 0.6 is 0 Å². The number of fused-ring (bicyclic) bond motifs is 4. The molecule has 0 spiro atoms. The molecule has 1 heterocycles. The molecule has 1 aliphatic carbocycles. The first kappa shape index (κ1) is 19.8. The van der Waals surface area contributed by atoms with Gasteiger partial charge in [-0.1, -0.05) is 87.2 Å². The fourth-order valence-corrected chi connectivity index (χ4v) is 5.05. The SMILES string of the molecule is C=C1C/C(c2ccccc2)=C\Cc2cc3c(cc2N1NNC)-c1ccccc1C3(C)C. The van der Waals surface area contributed by atoms with E-state index in [4.69, 9.17) is 0 Å².